The third-order valence-electron chi connectivity index (χ3n) is 3.81. The van der Waals surface area contributed by atoms with Gasteiger partial charge in [0.15, 0.2) is 0 Å². The molecule has 0 heterocycles. The van der Waals surface area contributed by atoms with Gasteiger partial charge in [-0.1, -0.05) is 24.3 Å². The molecule has 0 spiro atoms. The van der Waals surface area contributed by atoms with Crippen LogP contribution in [-0.4, -0.2) is 24.5 Å². The van der Waals surface area contributed by atoms with E-state index >= 15 is 0 Å². The Bertz CT molecular complexity index is 918. The normalized spacial score (nSPS) is 10.0. The molecule has 0 bridgehead atoms. The first-order valence-electron chi connectivity index (χ1n) is 8.24. The van der Waals surface area contributed by atoms with Crippen LogP contribution in [0.3, 0.4) is 0 Å². The highest BCUT2D eigenvalue weighted by atomic mass is 16.5. The fraction of sp³-hybridized carbons (Fsp3) is 0. The summed E-state index contributed by atoms with van der Waals surface area (Å²) in [5, 5.41) is 0. The lowest BCUT2D eigenvalue weighted by atomic mass is 10.1. The SMILES string of the molecule is O=Cc1ccc(C(=O)Oc2ccc(OC(=O)c3ccc(C=O)cc3)cc2)cc1. The van der Waals surface area contributed by atoms with Crippen molar-refractivity contribution in [3.63, 3.8) is 0 Å². The van der Waals surface area contributed by atoms with E-state index in [1.54, 1.807) is 0 Å². The molecule has 0 amide bonds. The van der Waals surface area contributed by atoms with Crippen LogP contribution in [0.15, 0.2) is 72.8 Å². The molecule has 0 radical (unpaired) electrons. The zero-order chi connectivity index (χ0) is 19.9. The van der Waals surface area contributed by atoms with Crippen LogP contribution in [0.1, 0.15) is 41.4 Å². The maximum atomic E-state index is 12.1. The molecule has 0 saturated heterocycles. The van der Waals surface area contributed by atoms with Gasteiger partial charge < -0.3 is 9.47 Å². The molecule has 6 nitrogen and oxygen atoms in total. The summed E-state index contributed by atoms with van der Waals surface area (Å²) in [5.41, 5.74) is 1.53. The molecule has 0 unspecified atom stereocenters. The van der Waals surface area contributed by atoms with Gasteiger partial charge in [-0.15, -0.1) is 0 Å². The van der Waals surface area contributed by atoms with E-state index in [0.717, 1.165) is 0 Å². The number of carbonyl (C=O) groups is 4. The summed E-state index contributed by atoms with van der Waals surface area (Å²) in [6, 6.07) is 18.1. The van der Waals surface area contributed by atoms with Gasteiger partial charge in [0, 0.05) is 11.1 Å². The van der Waals surface area contributed by atoms with Crippen LogP contribution in [0.25, 0.3) is 0 Å². The van der Waals surface area contributed by atoms with Gasteiger partial charge in [0.05, 0.1) is 11.1 Å². The van der Waals surface area contributed by atoms with Crippen molar-refractivity contribution in [1.82, 2.24) is 0 Å². The minimum Gasteiger partial charge on any atom is -0.423 e. The average molecular weight is 374 g/mol. The fourth-order valence-corrected chi connectivity index (χ4v) is 2.30. The summed E-state index contributed by atoms with van der Waals surface area (Å²) in [6.07, 6.45) is 1.37. The minimum atomic E-state index is -0.572. The van der Waals surface area contributed by atoms with E-state index in [4.69, 9.17) is 9.47 Å². The predicted octanol–water partition coefficient (Wildman–Crippen LogP) is 3.75. The van der Waals surface area contributed by atoms with Crippen LogP contribution in [-0.2, 0) is 0 Å². The number of rotatable bonds is 6. The van der Waals surface area contributed by atoms with Gasteiger partial charge in [0.1, 0.15) is 24.1 Å². The molecule has 6 heteroatoms. The Labute approximate surface area is 160 Å². The summed E-state index contributed by atoms with van der Waals surface area (Å²) in [5.74, 6) is -0.589. The molecule has 0 aliphatic rings. The van der Waals surface area contributed by atoms with Crippen molar-refractivity contribution in [2.45, 2.75) is 0 Å². The van der Waals surface area contributed by atoms with Gasteiger partial charge >= 0.3 is 11.9 Å². The van der Waals surface area contributed by atoms with E-state index in [-0.39, 0.29) is 11.5 Å². The highest BCUT2D eigenvalue weighted by molar-refractivity contribution is 5.92. The largest absolute Gasteiger partial charge is 0.423 e. The van der Waals surface area contributed by atoms with E-state index in [1.807, 2.05) is 0 Å². The molecule has 0 fully saturated rings. The summed E-state index contributed by atoms with van der Waals surface area (Å²) >= 11 is 0. The lowest BCUT2D eigenvalue weighted by Gasteiger charge is -2.07. The highest BCUT2D eigenvalue weighted by Crippen LogP contribution is 2.20. The molecule has 0 aliphatic carbocycles. The molecule has 138 valence electrons. The van der Waals surface area contributed by atoms with Crippen LogP contribution in [0, 0.1) is 0 Å². The maximum Gasteiger partial charge on any atom is 0.343 e. The van der Waals surface area contributed by atoms with E-state index in [1.165, 1.54) is 72.8 Å². The second kappa shape index (κ2) is 8.55. The molecule has 3 aromatic carbocycles. The van der Waals surface area contributed by atoms with Gasteiger partial charge in [0.2, 0.25) is 0 Å². The van der Waals surface area contributed by atoms with Gasteiger partial charge in [-0.05, 0) is 48.5 Å². The van der Waals surface area contributed by atoms with Crippen molar-refractivity contribution in [1.29, 1.82) is 0 Å². The van der Waals surface area contributed by atoms with E-state index in [0.29, 0.717) is 34.8 Å². The molecule has 3 aromatic rings. The van der Waals surface area contributed by atoms with Crippen LogP contribution >= 0.6 is 0 Å². The number of hydrogen-bond acceptors (Lipinski definition) is 6. The Morgan fingerprint density at radius 1 is 0.536 bits per heavy atom. The molecular weight excluding hydrogens is 360 g/mol. The Hall–Kier alpha value is -4.06. The number of ether oxygens (including phenoxy) is 2. The smallest absolute Gasteiger partial charge is 0.343 e. The third kappa shape index (κ3) is 4.56. The summed E-state index contributed by atoms with van der Waals surface area (Å²) in [4.78, 5) is 45.5. The number of benzene rings is 3. The Morgan fingerprint density at radius 2 is 0.857 bits per heavy atom. The standard InChI is InChI=1S/C22H14O6/c23-13-15-1-5-17(6-2-15)21(25)27-19-9-11-20(12-10-19)28-22(26)18-7-3-16(14-24)4-8-18/h1-14H. The third-order valence-corrected chi connectivity index (χ3v) is 3.81. The maximum absolute atomic E-state index is 12.1. The van der Waals surface area contributed by atoms with Crippen molar-refractivity contribution < 1.29 is 28.7 Å². The molecule has 0 atom stereocenters. The topological polar surface area (TPSA) is 86.7 Å². The van der Waals surface area contributed by atoms with E-state index < -0.39 is 11.9 Å². The van der Waals surface area contributed by atoms with Gasteiger partial charge in [-0.3, -0.25) is 9.59 Å². The first kappa shape index (κ1) is 18.7. The molecule has 28 heavy (non-hydrogen) atoms. The first-order chi connectivity index (χ1) is 13.6. The van der Waals surface area contributed by atoms with E-state index in [2.05, 4.69) is 0 Å². The number of aldehydes is 2. The Morgan fingerprint density at radius 3 is 1.14 bits per heavy atom. The Kier molecular flexibility index (Phi) is 5.72. The molecule has 0 aromatic heterocycles. The van der Waals surface area contributed by atoms with Crippen LogP contribution in [0.4, 0.5) is 0 Å². The predicted molar refractivity (Wildman–Crippen MR) is 100 cm³/mol. The van der Waals surface area contributed by atoms with Gasteiger partial charge in [-0.2, -0.15) is 0 Å². The van der Waals surface area contributed by atoms with Crippen molar-refractivity contribution in [2.75, 3.05) is 0 Å². The first-order valence-corrected chi connectivity index (χ1v) is 8.24. The zero-order valence-corrected chi connectivity index (χ0v) is 14.5. The van der Waals surface area contributed by atoms with Crippen LogP contribution < -0.4 is 9.47 Å². The van der Waals surface area contributed by atoms with Crippen molar-refractivity contribution in [3.05, 3.63) is 95.1 Å². The lowest BCUT2D eigenvalue weighted by Crippen LogP contribution is -2.09. The van der Waals surface area contributed by atoms with Crippen LogP contribution in [0.5, 0.6) is 11.5 Å². The van der Waals surface area contributed by atoms with Crippen LogP contribution in [0.2, 0.25) is 0 Å². The second-order valence-electron chi connectivity index (χ2n) is 5.73. The summed E-state index contributed by atoms with van der Waals surface area (Å²) in [6.45, 7) is 0. The monoisotopic (exact) mass is 374 g/mol. The summed E-state index contributed by atoms with van der Waals surface area (Å²) in [7, 11) is 0. The van der Waals surface area contributed by atoms with Crippen molar-refractivity contribution in [2.24, 2.45) is 0 Å². The van der Waals surface area contributed by atoms with Gasteiger partial charge in [-0.25, -0.2) is 9.59 Å². The average Bonchev–Trinajstić information content (AvgIpc) is 2.75. The lowest BCUT2D eigenvalue weighted by molar-refractivity contribution is 0.0719. The Balaban J connectivity index is 1.62. The molecule has 0 saturated carbocycles. The number of hydrogen-bond donors (Lipinski definition) is 0. The molecule has 0 aliphatic heterocycles. The zero-order valence-electron chi connectivity index (χ0n) is 14.5. The molecule has 0 N–H and O–H groups in total. The van der Waals surface area contributed by atoms with Crippen molar-refractivity contribution >= 4 is 24.5 Å². The molecular formula is C22H14O6. The van der Waals surface area contributed by atoms with Crippen molar-refractivity contribution in [3.8, 4) is 11.5 Å². The quantitative estimate of drug-likeness (QED) is 0.371. The number of carbonyl (C=O) groups excluding carboxylic acids is 4. The highest BCUT2D eigenvalue weighted by Gasteiger charge is 2.11. The molecule has 3 rings (SSSR count). The van der Waals surface area contributed by atoms with Gasteiger partial charge in [0.25, 0.3) is 0 Å². The summed E-state index contributed by atoms with van der Waals surface area (Å²) < 4.78 is 10.5. The second-order valence-corrected chi connectivity index (χ2v) is 5.73. The van der Waals surface area contributed by atoms with E-state index in [9.17, 15) is 19.2 Å². The fourth-order valence-electron chi connectivity index (χ4n) is 2.30. The minimum absolute atomic E-state index is 0.277. The number of esters is 2.